The minimum absolute atomic E-state index is 0.0299. The molecule has 0 spiro atoms. The Morgan fingerprint density at radius 3 is 1.81 bits per heavy atom. The van der Waals surface area contributed by atoms with Gasteiger partial charge in [-0.3, -0.25) is 9.63 Å². The molecule has 1 amide bonds. The molecule has 2 unspecified atom stereocenters. The highest BCUT2D eigenvalue weighted by Gasteiger charge is 2.60. The van der Waals surface area contributed by atoms with Crippen molar-refractivity contribution in [2.45, 2.75) is 129 Å². The SMILES string of the molecule is C#CCO/N=C(\C)c1c(O)c2ccc(OC3O[C@@](C)(CC)[C@H](OC)[C@@H](OC(=O)NOCC#C)[C@H]3O)c(C)c2oc1=O.CC[C@]1(C)OC(Oc2ccc3c(O)c(C(C)=O)c(=O)oc3c2C)[C@@H]2OC(=O)O[C@@H]2[C@H]1OC. The number of carbonyl (C=O) groups is 3. The summed E-state index contributed by atoms with van der Waals surface area (Å²) in [4.78, 5) is 70.5. The van der Waals surface area contributed by atoms with Crippen molar-refractivity contribution in [3.05, 3.63) is 67.4 Å². The van der Waals surface area contributed by atoms with Gasteiger partial charge < -0.3 is 71.6 Å². The third-order valence-electron chi connectivity index (χ3n) is 12.8. The fraction of sp³-hybridized carbons (Fsp3) is 0.480. The molecule has 0 saturated carbocycles. The van der Waals surface area contributed by atoms with Crippen LogP contribution in [-0.2, 0) is 42.8 Å². The lowest BCUT2D eigenvalue weighted by Crippen LogP contribution is -2.66. The van der Waals surface area contributed by atoms with Gasteiger partial charge in [0.2, 0.25) is 18.7 Å². The Morgan fingerprint density at radius 1 is 0.767 bits per heavy atom. The average Bonchev–Trinajstić information content (AvgIpc) is 3.74. The van der Waals surface area contributed by atoms with Gasteiger partial charge in [0.1, 0.15) is 64.1 Å². The van der Waals surface area contributed by atoms with Crippen LogP contribution in [0.1, 0.15) is 81.4 Å². The van der Waals surface area contributed by atoms with Crippen molar-refractivity contribution in [2.24, 2.45) is 5.16 Å². The Kier molecular flexibility index (Phi) is 17.0. The van der Waals surface area contributed by atoms with Crippen LogP contribution < -0.4 is 26.2 Å². The second kappa shape index (κ2) is 22.6. The summed E-state index contributed by atoms with van der Waals surface area (Å²) in [5.74, 6) is 3.43. The minimum Gasteiger partial charge on any atom is -0.506 e. The molecule has 7 rings (SSSR count). The maximum absolute atomic E-state index is 12.8. The van der Waals surface area contributed by atoms with Gasteiger partial charge >= 0.3 is 23.5 Å². The Hall–Kier alpha value is -7.38. The second-order valence-electron chi connectivity index (χ2n) is 17.3. The van der Waals surface area contributed by atoms with Crippen LogP contribution >= 0.6 is 0 Å². The normalized spacial score (nSPS) is 26.5. The van der Waals surface area contributed by atoms with E-state index in [1.807, 2.05) is 26.3 Å². The van der Waals surface area contributed by atoms with Crippen LogP contribution in [0.15, 0.2) is 47.8 Å². The molecule has 3 fully saturated rings. The first-order valence-corrected chi connectivity index (χ1v) is 22.7. The zero-order valence-corrected chi connectivity index (χ0v) is 41.5. The maximum atomic E-state index is 12.8. The number of nitrogens with zero attached hydrogens (tertiary/aromatic N) is 1. The van der Waals surface area contributed by atoms with Crippen LogP contribution in [0.25, 0.3) is 21.9 Å². The van der Waals surface area contributed by atoms with E-state index in [-0.39, 0.29) is 63.7 Å². The van der Waals surface area contributed by atoms with Gasteiger partial charge in [-0.1, -0.05) is 30.8 Å². The van der Waals surface area contributed by atoms with Gasteiger partial charge in [0.25, 0.3) is 0 Å². The molecule has 4 N–H and O–H groups in total. The van der Waals surface area contributed by atoms with Gasteiger partial charge in [-0.15, -0.1) is 12.8 Å². The average molecular weight is 1020 g/mol. The summed E-state index contributed by atoms with van der Waals surface area (Å²) < 4.78 is 62.3. The topological polar surface area (TPSA) is 298 Å². The summed E-state index contributed by atoms with van der Waals surface area (Å²) in [6, 6.07) is 5.98. The third kappa shape index (κ3) is 10.9. The first kappa shape index (κ1) is 54.9. The smallest absolute Gasteiger partial charge is 0.506 e. The molecule has 4 aromatic rings. The Bertz CT molecular complexity index is 2990. The minimum atomic E-state index is -1.53. The Balaban J connectivity index is 0.000000245. The summed E-state index contributed by atoms with van der Waals surface area (Å²) in [6.45, 7) is 12.8. The van der Waals surface area contributed by atoms with Gasteiger partial charge in [0.15, 0.2) is 30.7 Å². The molecule has 23 nitrogen and oxygen atoms in total. The van der Waals surface area contributed by atoms with E-state index in [4.69, 9.17) is 74.0 Å². The molecule has 2 aromatic carbocycles. The molecular formula is C50H56N2O21. The predicted molar refractivity (Wildman–Crippen MR) is 254 cm³/mol. The Morgan fingerprint density at radius 2 is 1.27 bits per heavy atom. The van der Waals surface area contributed by atoms with Crippen molar-refractivity contribution in [3.63, 3.8) is 0 Å². The van der Waals surface area contributed by atoms with Gasteiger partial charge in [-0.25, -0.2) is 19.2 Å². The van der Waals surface area contributed by atoms with E-state index >= 15 is 0 Å². The van der Waals surface area contributed by atoms with E-state index in [0.717, 1.165) is 0 Å². The van der Waals surface area contributed by atoms with Crippen LogP contribution in [0, 0.1) is 38.5 Å². The molecular weight excluding hydrogens is 965 g/mol. The highest BCUT2D eigenvalue weighted by Crippen LogP contribution is 2.43. The zero-order chi connectivity index (χ0) is 53.7. The lowest BCUT2D eigenvalue weighted by atomic mass is 9.86. The summed E-state index contributed by atoms with van der Waals surface area (Å²) >= 11 is 0. The number of Topliss-reactive ketones (excluding diaryl/α,β-unsaturated/α-hetero) is 1. The maximum Gasteiger partial charge on any atom is 0.509 e. The summed E-state index contributed by atoms with van der Waals surface area (Å²) in [7, 11) is 2.90. The number of aromatic hydroxyl groups is 2. The fourth-order valence-corrected chi connectivity index (χ4v) is 8.68. The zero-order valence-electron chi connectivity index (χ0n) is 41.5. The first-order valence-electron chi connectivity index (χ1n) is 22.7. The third-order valence-corrected chi connectivity index (χ3v) is 12.8. The number of terminal acetylenes is 2. The number of rotatable bonds is 15. The number of nitrogens with one attached hydrogen (secondary N) is 1. The molecule has 0 radical (unpaired) electrons. The monoisotopic (exact) mass is 1020 g/mol. The number of hydrogen-bond acceptors (Lipinski definition) is 22. The number of hydroxylamine groups is 1. The number of oxime groups is 1. The molecule has 392 valence electrons. The van der Waals surface area contributed by atoms with E-state index in [1.54, 1.807) is 26.8 Å². The van der Waals surface area contributed by atoms with E-state index in [1.165, 1.54) is 46.3 Å². The molecule has 3 aliphatic heterocycles. The fourth-order valence-electron chi connectivity index (χ4n) is 8.68. The van der Waals surface area contributed by atoms with Gasteiger partial charge in [0.05, 0.1) is 27.7 Å². The standard InChI is InChI=1S/C28H32N2O11.C22H24O10/c1-8-13-36-29-16(5)19-20(31)17-11-12-18(15(4)22(17)39-25(19)33)38-26-21(32)23(40-27(34)30-37-14-9-2)24(35-7)28(6,10-3)41-26;1-6-22(4)18(27-5)16-17(31-21(26)30-16)20(32-22)28-12-8-7-11-14(24)13(10(3)23)19(25)29-15(11)9(12)2/h1-2,11-12,21,23-24,26,31-32H,10,13-14H2,3-7H3,(H,30,34);7-8,16-18,20,24H,6H2,1-5H3/b29-16+;/t21-,23+,24-,26?,28+;16-,17+,18+,20?,22-/m10/s1. The molecule has 0 bridgehead atoms. The van der Waals surface area contributed by atoms with Crippen LogP contribution in [0.3, 0.4) is 0 Å². The van der Waals surface area contributed by atoms with Crippen LogP contribution in [0.5, 0.6) is 23.0 Å². The number of aryl methyl sites for hydroxylation is 2. The lowest BCUT2D eigenvalue weighted by molar-refractivity contribution is -0.311. The van der Waals surface area contributed by atoms with Crippen molar-refractivity contribution in [3.8, 4) is 47.7 Å². The van der Waals surface area contributed by atoms with Gasteiger partial charge in [0, 0.05) is 25.3 Å². The number of ketones is 1. The van der Waals surface area contributed by atoms with E-state index in [2.05, 4.69) is 17.0 Å². The van der Waals surface area contributed by atoms with Crippen molar-refractivity contribution < 1.29 is 90.8 Å². The number of amides is 1. The second-order valence-corrected chi connectivity index (χ2v) is 17.3. The number of aliphatic hydroxyl groups is 1. The largest absolute Gasteiger partial charge is 0.509 e. The van der Waals surface area contributed by atoms with Crippen LogP contribution in [0.2, 0.25) is 0 Å². The molecule has 3 aliphatic rings. The highest BCUT2D eigenvalue weighted by molar-refractivity contribution is 6.05. The number of ether oxygens (including phenoxy) is 9. The van der Waals surface area contributed by atoms with Crippen molar-refractivity contribution in [1.82, 2.24) is 5.48 Å². The van der Waals surface area contributed by atoms with Gasteiger partial charge in [-0.05, 0) is 78.6 Å². The van der Waals surface area contributed by atoms with Crippen molar-refractivity contribution in [1.29, 1.82) is 0 Å². The van der Waals surface area contributed by atoms with Crippen LogP contribution in [0.4, 0.5) is 9.59 Å². The summed E-state index contributed by atoms with van der Waals surface area (Å²) in [5, 5.41) is 36.6. The number of fused-ring (bicyclic) bond motifs is 3. The van der Waals surface area contributed by atoms with Crippen molar-refractivity contribution >= 4 is 45.7 Å². The van der Waals surface area contributed by atoms with Crippen LogP contribution in [-0.4, -0.2) is 127 Å². The molecule has 3 saturated heterocycles. The predicted octanol–water partition coefficient (Wildman–Crippen LogP) is 4.95. The number of aliphatic hydroxyl groups excluding tert-OH is 1. The summed E-state index contributed by atoms with van der Waals surface area (Å²) in [5.41, 5.74) is -1.42. The van der Waals surface area contributed by atoms with E-state index < -0.39 is 101 Å². The molecule has 5 heterocycles. The summed E-state index contributed by atoms with van der Waals surface area (Å²) in [6.07, 6.45) is 1.06. The number of carbonyl (C=O) groups excluding carboxylic acids is 3. The van der Waals surface area contributed by atoms with Gasteiger partial charge in [-0.2, -0.15) is 5.48 Å². The molecule has 23 heteroatoms. The highest BCUT2D eigenvalue weighted by atomic mass is 16.8. The molecule has 0 aliphatic carbocycles. The number of benzene rings is 2. The van der Waals surface area contributed by atoms with E-state index in [9.17, 15) is 39.3 Å². The van der Waals surface area contributed by atoms with Crippen molar-refractivity contribution in [2.75, 3.05) is 27.4 Å². The Labute approximate surface area is 417 Å². The number of hydrogen-bond donors (Lipinski definition) is 4. The van der Waals surface area contributed by atoms with E-state index in [0.29, 0.717) is 24.0 Å². The lowest BCUT2D eigenvalue weighted by Gasteiger charge is -2.48. The first-order chi connectivity index (χ1) is 34.6. The molecule has 73 heavy (non-hydrogen) atoms. The molecule has 2 aromatic heterocycles. The quantitative estimate of drug-likeness (QED) is 0.0233. The molecule has 10 atom stereocenters. The number of methoxy groups -OCH3 is 2.